The van der Waals surface area contributed by atoms with Gasteiger partial charge >= 0.3 is 5.97 Å². The van der Waals surface area contributed by atoms with Crippen LogP contribution in [0.3, 0.4) is 0 Å². The van der Waals surface area contributed by atoms with Gasteiger partial charge in [0, 0.05) is 12.5 Å². The molecule has 1 aromatic rings. The van der Waals surface area contributed by atoms with E-state index in [1.54, 1.807) is 0 Å². The minimum Gasteiger partial charge on any atom is -0.497 e. The van der Waals surface area contributed by atoms with Gasteiger partial charge in [-0.3, -0.25) is 9.59 Å². The number of aromatic carboxylic acids is 1. The Morgan fingerprint density at radius 3 is 2.36 bits per heavy atom. The summed E-state index contributed by atoms with van der Waals surface area (Å²) >= 11 is 0. The van der Waals surface area contributed by atoms with Crippen molar-refractivity contribution in [1.82, 2.24) is 0 Å². The predicted molar refractivity (Wildman–Crippen MR) is 79.7 cm³/mol. The second kappa shape index (κ2) is 8.02. The SMILES string of the molecule is CCCCC(=O)C(=O)Nc1c(OC)cc(OC)cc1C(=O)O. The van der Waals surface area contributed by atoms with Gasteiger partial charge in [-0.15, -0.1) is 0 Å². The molecular weight excluding hydrogens is 290 g/mol. The molecule has 0 spiro atoms. The summed E-state index contributed by atoms with van der Waals surface area (Å²) in [5, 5.41) is 11.6. The lowest BCUT2D eigenvalue weighted by molar-refractivity contribution is -0.134. The van der Waals surface area contributed by atoms with E-state index in [9.17, 15) is 19.5 Å². The Balaban J connectivity index is 3.14. The molecule has 1 aromatic carbocycles. The third kappa shape index (κ3) is 4.21. The Bertz CT molecular complexity index is 582. The summed E-state index contributed by atoms with van der Waals surface area (Å²) in [4.78, 5) is 34.9. The van der Waals surface area contributed by atoms with Gasteiger partial charge in [-0.25, -0.2) is 4.79 Å². The van der Waals surface area contributed by atoms with Gasteiger partial charge in [0.2, 0.25) is 5.78 Å². The number of methoxy groups -OCH3 is 2. The monoisotopic (exact) mass is 309 g/mol. The number of carbonyl (C=O) groups is 3. The number of ketones is 1. The van der Waals surface area contributed by atoms with Crippen LogP contribution in [-0.2, 0) is 9.59 Å². The van der Waals surface area contributed by atoms with Crippen LogP contribution in [0.15, 0.2) is 12.1 Å². The highest BCUT2D eigenvalue weighted by Crippen LogP contribution is 2.33. The highest BCUT2D eigenvalue weighted by Gasteiger charge is 2.22. The van der Waals surface area contributed by atoms with Crippen molar-refractivity contribution in [1.29, 1.82) is 0 Å². The quantitative estimate of drug-likeness (QED) is 0.713. The molecule has 0 heterocycles. The lowest BCUT2D eigenvalue weighted by atomic mass is 10.1. The molecule has 0 aliphatic carbocycles. The van der Waals surface area contributed by atoms with Crippen LogP contribution in [-0.4, -0.2) is 37.0 Å². The molecule has 0 bridgehead atoms. The second-order valence-electron chi connectivity index (χ2n) is 4.54. The molecular formula is C15H19NO6. The third-order valence-electron chi connectivity index (χ3n) is 3.01. The Morgan fingerprint density at radius 1 is 1.18 bits per heavy atom. The molecule has 0 saturated carbocycles. The summed E-state index contributed by atoms with van der Waals surface area (Å²) in [6, 6.07) is 2.68. The Labute approximate surface area is 128 Å². The number of hydrogen-bond donors (Lipinski definition) is 2. The summed E-state index contributed by atoms with van der Waals surface area (Å²) in [5.74, 6) is -2.36. The number of carboxylic acids is 1. The van der Waals surface area contributed by atoms with Crippen molar-refractivity contribution in [2.24, 2.45) is 0 Å². The van der Waals surface area contributed by atoms with Gasteiger partial charge in [0.15, 0.2) is 0 Å². The van der Waals surface area contributed by atoms with Crippen LogP contribution in [0.1, 0.15) is 36.5 Å². The van der Waals surface area contributed by atoms with Crippen LogP contribution in [0.5, 0.6) is 11.5 Å². The smallest absolute Gasteiger partial charge is 0.338 e. The lowest BCUT2D eigenvalue weighted by Crippen LogP contribution is -2.24. The largest absolute Gasteiger partial charge is 0.497 e. The Morgan fingerprint density at radius 2 is 1.86 bits per heavy atom. The molecule has 1 rings (SSSR count). The maximum Gasteiger partial charge on any atom is 0.338 e. The van der Waals surface area contributed by atoms with Crippen molar-refractivity contribution in [2.75, 3.05) is 19.5 Å². The number of rotatable bonds is 8. The van der Waals surface area contributed by atoms with Gasteiger partial charge in [-0.1, -0.05) is 13.3 Å². The molecule has 120 valence electrons. The van der Waals surface area contributed by atoms with Crippen molar-refractivity contribution in [3.8, 4) is 11.5 Å². The van der Waals surface area contributed by atoms with E-state index >= 15 is 0 Å². The molecule has 0 fully saturated rings. The average molecular weight is 309 g/mol. The number of hydrogen-bond acceptors (Lipinski definition) is 5. The van der Waals surface area contributed by atoms with Gasteiger partial charge in [0.25, 0.3) is 5.91 Å². The maximum atomic E-state index is 11.9. The number of amides is 1. The molecule has 0 radical (unpaired) electrons. The Kier molecular flexibility index (Phi) is 6.37. The second-order valence-corrected chi connectivity index (χ2v) is 4.54. The predicted octanol–water partition coefficient (Wildman–Crippen LogP) is 2.10. The number of carbonyl (C=O) groups excluding carboxylic acids is 2. The number of unbranched alkanes of at least 4 members (excludes halogenated alkanes) is 1. The molecule has 1 amide bonds. The first-order chi connectivity index (χ1) is 10.4. The number of nitrogens with one attached hydrogen (secondary N) is 1. The van der Waals surface area contributed by atoms with E-state index in [4.69, 9.17) is 9.47 Å². The van der Waals surface area contributed by atoms with Gasteiger partial charge in [-0.2, -0.15) is 0 Å². The minimum absolute atomic E-state index is 0.0642. The van der Waals surface area contributed by atoms with Crippen molar-refractivity contribution in [3.05, 3.63) is 17.7 Å². The molecule has 22 heavy (non-hydrogen) atoms. The number of ether oxygens (including phenoxy) is 2. The topological polar surface area (TPSA) is 102 Å². The summed E-state index contributed by atoms with van der Waals surface area (Å²) in [6.07, 6.45) is 1.49. The fourth-order valence-electron chi connectivity index (χ4n) is 1.80. The van der Waals surface area contributed by atoms with Gasteiger partial charge in [0.1, 0.15) is 11.5 Å². The van der Waals surface area contributed by atoms with Crippen molar-refractivity contribution in [2.45, 2.75) is 26.2 Å². The molecule has 0 unspecified atom stereocenters. The molecule has 0 aliphatic heterocycles. The van der Waals surface area contributed by atoms with E-state index in [-0.39, 0.29) is 29.2 Å². The molecule has 7 heteroatoms. The van der Waals surface area contributed by atoms with E-state index in [1.165, 1.54) is 26.4 Å². The third-order valence-corrected chi connectivity index (χ3v) is 3.01. The number of Topliss-reactive ketones (excluding diaryl/α,β-unsaturated/α-hetero) is 1. The van der Waals surface area contributed by atoms with E-state index in [2.05, 4.69) is 5.32 Å². The van der Waals surface area contributed by atoms with Crippen LogP contribution in [0.2, 0.25) is 0 Å². The van der Waals surface area contributed by atoms with Gasteiger partial charge in [0.05, 0.1) is 25.5 Å². The zero-order chi connectivity index (χ0) is 16.7. The zero-order valence-electron chi connectivity index (χ0n) is 12.8. The molecule has 0 atom stereocenters. The standard InChI is InChI=1S/C15H19NO6/c1-4-5-6-11(17)14(18)16-13-10(15(19)20)7-9(21-2)8-12(13)22-3/h7-8H,4-6H2,1-3H3,(H,16,18)(H,19,20). The van der Waals surface area contributed by atoms with E-state index in [0.29, 0.717) is 6.42 Å². The van der Waals surface area contributed by atoms with E-state index in [1.807, 2.05) is 6.92 Å². The fraction of sp³-hybridized carbons (Fsp3) is 0.400. The summed E-state index contributed by atoms with van der Waals surface area (Å²) in [7, 11) is 2.71. The first-order valence-corrected chi connectivity index (χ1v) is 6.78. The number of carboxylic acid groups (broad SMARTS) is 1. The number of benzene rings is 1. The van der Waals surface area contributed by atoms with Crippen LogP contribution < -0.4 is 14.8 Å². The van der Waals surface area contributed by atoms with Crippen LogP contribution in [0.4, 0.5) is 5.69 Å². The number of anilines is 1. The van der Waals surface area contributed by atoms with Crippen LogP contribution in [0.25, 0.3) is 0 Å². The van der Waals surface area contributed by atoms with E-state index < -0.39 is 17.7 Å². The molecule has 2 N–H and O–H groups in total. The fourth-order valence-corrected chi connectivity index (χ4v) is 1.80. The highest BCUT2D eigenvalue weighted by molar-refractivity contribution is 6.41. The van der Waals surface area contributed by atoms with E-state index in [0.717, 1.165) is 6.42 Å². The summed E-state index contributed by atoms with van der Waals surface area (Å²) in [5.41, 5.74) is -0.279. The maximum absolute atomic E-state index is 11.9. The van der Waals surface area contributed by atoms with Crippen molar-refractivity contribution < 1.29 is 29.0 Å². The molecule has 0 aliphatic rings. The van der Waals surface area contributed by atoms with Gasteiger partial charge in [-0.05, 0) is 12.5 Å². The zero-order valence-corrected chi connectivity index (χ0v) is 12.8. The van der Waals surface area contributed by atoms with Crippen LogP contribution >= 0.6 is 0 Å². The molecule has 0 saturated heterocycles. The first kappa shape index (κ1) is 17.5. The molecule has 0 aromatic heterocycles. The normalized spacial score (nSPS) is 9.95. The highest BCUT2D eigenvalue weighted by atomic mass is 16.5. The van der Waals surface area contributed by atoms with Gasteiger partial charge < -0.3 is 19.9 Å². The average Bonchev–Trinajstić information content (AvgIpc) is 2.51. The van der Waals surface area contributed by atoms with Crippen molar-refractivity contribution in [3.63, 3.8) is 0 Å². The minimum atomic E-state index is -1.27. The van der Waals surface area contributed by atoms with Crippen LogP contribution in [0, 0.1) is 0 Å². The summed E-state index contributed by atoms with van der Waals surface area (Å²) < 4.78 is 10.1. The van der Waals surface area contributed by atoms with Crippen molar-refractivity contribution >= 4 is 23.3 Å². The molecule has 7 nitrogen and oxygen atoms in total. The lowest BCUT2D eigenvalue weighted by Gasteiger charge is -2.14. The first-order valence-electron chi connectivity index (χ1n) is 6.78. The summed E-state index contributed by atoms with van der Waals surface area (Å²) in [6.45, 7) is 1.90. The Hall–Kier alpha value is -2.57.